The molecule has 1 aliphatic carbocycles. The van der Waals surface area contributed by atoms with Gasteiger partial charge in [0, 0.05) is 6.20 Å². The molecule has 4 nitrogen and oxygen atoms in total. The Morgan fingerprint density at radius 1 is 1.19 bits per heavy atom. The summed E-state index contributed by atoms with van der Waals surface area (Å²) in [5, 5.41) is 0.784. The largest absolute Gasteiger partial charge is 0.396 e. The predicted octanol–water partition coefficient (Wildman–Crippen LogP) is 5.24. The summed E-state index contributed by atoms with van der Waals surface area (Å²) in [7, 11) is 0. The van der Waals surface area contributed by atoms with Crippen molar-refractivity contribution in [1.29, 1.82) is 0 Å². The molecule has 0 saturated heterocycles. The van der Waals surface area contributed by atoms with Crippen LogP contribution >= 0.6 is 23.2 Å². The van der Waals surface area contributed by atoms with E-state index in [9.17, 15) is 9.59 Å². The highest BCUT2D eigenvalue weighted by Gasteiger charge is 2.29. The van der Waals surface area contributed by atoms with Crippen LogP contribution in [0, 0.1) is 6.92 Å². The fourth-order valence-corrected chi connectivity index (χ4v) is 4.09. The van der Waals surface area contributed by atoms with Gasteiger partial charge in [0.25, 0.3) is 5.56 Å². The lowest BCUT2D eigenvalue weighted by Crippen LogP contribution is -2.22. The lowest BCUT2D eigenvalue weighted by Gasteiger charge is -2.16. The van der Waals surface area contributed by atoms with Crippen LogP contribution in [0.1, 0.15) is 47.2 Å². The van der Waals surface area contributed by atoms with Crippen LogP contribution in [0.2, 0.25) is 10.0 Å². The Morgan fingerprint density at radius 2 is 1.81 bits per heavy atom. The van der Waals surface area contributed by atoms with Gasteiger partial charge in [-0.25, -0.2) is 0 Å². The van der Waals surface area contributed by atoms with E-state index in [4.69, 9.17) is 28.9 Å². The SMILES string of the molecule is CC(=O)c1cc(C2CC2)c2c(C)c(-c3cc(Cl)c(N)c(Cl)c3)ccn2c1=O. The van der Waals surface area contributed by atoms with Crippen LogP contribution in [0.3, 0.4) is 0 Å². The zero-order valence-corrected chi connectivity index (χ0v) is 16.5. The number of hydrogen-bond donors (Lipinski definition) is 1. The van der Waals surface area contributed by atoms with Gasteiger partial charge in [-0.15, -0.1) is 0 Å². The number of fused-ring (bicyclic) bond motifs is 1. The summed E-state index contributed by atoms with van der Waals surface area (Å²) in [5.41, 5.74) is 10.8. The summed E-state index contributed by atoms with van der Waals surface area (Å²) in [4.78, 5) is 24.7. The van der Waals surface area contributed by atoms with Gasteiger partial charge in [0.05, 0.1) is 26.8 Å². The topological polar surface area (TPSA) is 64.6 Å². The highest BCUT2D eigenvalue weighted by molar-refractivity contribution is 6.39. The molecule has 6 heteroatoms. The number of benzene rings is 1. The van der Waals surface area contributed by atoms with Crippen LogP contribution in [0.5, 0.6) is 0 Å². The van der Waals surface area contributed by atoms with Gasteiger partial charge < -0.3 is 5.73 Å². The number of nitrogens with two attached hydrogens (primary N) is 1. The van der Waals surface area contributed by atoms with Crippen molar-refractivity contribution in [1.82, 2.24) is 4.40 Å². The normalized spacial score (nSPS) is 13.9. The fraction of sp³-hybridized carbons (Fsp3) is 0.238. The molecule has 1 aliphatic rings. The van der Waals surface area contributed by atoms with Gasteiger partial charge in [-0.2, -0.15) is 0 Å². The van der Waals surface area contributed by atoms with E-state index in [2.05, 4.69) is 0 Å². The number of aromatic nitrogens is 1. The van der Waals surface area contributed by atoms with Crippen LogP contribution < -0.4 is 11.3 Å². The van der Waals surface area contributed by atoms with Crippen molar-refractivity contribution in [3.8, 4) is 11.1 Å². The number of Topliss-reactive ketones (excluding diaryl/α,β-unsaturated/α-hetero) is 1. The van der Waals surface area contributed by atoms with E-state index in [1.165, 1.54) is 6.92 Å². The molecule has 2 aromatic heterocycles. The van der Waals surface area contributed by atoms with Crippen LogP contribution in [-0.4, -0.2) is 10.2 Å². The van der Waals surface area contributed by atoms with E-state index < -0.39 is 0 Å². The van der Waals surface area contributed by atoms with Crippen LogP contribution in [0.15, 0.2) is 35.3 Å². The van der Waals surface area contributed by atoms with Crippen molar-refractivity contribution >= 4 is 40.2 Å². The monoisotopic (exact) mass is 400 g/mol. The van der Waals surface area contributed by atoms with E-state index in [1.54, 1.807) is 28.8 Å². The number of nitrogens with zero attached hydrogens (tertiary/aromatic N) is 1. The first-order valence-electron chi connectivity index (χ1n) is 8.74. The van der Waals surface area contributed by atoms with Crippen molar-refractivity contribution in [3.63, 3.8) is 0 Å². The first kappa shape index (κ1) is 18.1. The molecule has 138 valence electrons. The average molecular weight is 401 g/mol. The molecule has 27 heavy (non-hydrogen) atoms. The number of carbonyl (C=O) groups excluding carboxylic acids is 1. The van der Waals surface area contributed by atoms with E-state index in [-0.39, 0.29) is 16.9 Å². The van der Waals surface area contributed by atoms with Crippen molar-refractivity contribution in [3.05, 3.63) is 67.6 Å². The van der Waals surface area contributed by atoms with E-state index >= 15 is 0 Å². The number of anilines is 1. The molecule has 0 atom stereocenters. The van der Waals surface area contributed by atoms with Crippen molar-refractivity contribution in [2.45, 2.75) is 32.6 Å². The first-order valence-corrected chi connectivity index (χ1v) is 9.50. The highest BCUT2D eigenvalue weighted by atomic mass is 35.5. The van der Waals surface area contributed by atoms with E-state index in [1.807, 2.05) is 13.0 Å². The standard InChI is InChI=1S/C21H18Cl2N2O2/c1-10-14(13-7-17(22)19(24)18(23)8-13)5-6-25-20(10)16(12-3-4-12)9-15(11(2)26)21(25)27/h5-9,12H,3-4,24H2,1-2H3. The summed E-state index contributed by atoms with van der Waals surface area (Å²) in [6.45, 7) is 3.40. The minimum atomic E-state index is -0.287. The zero-order chi connectivity index (χ0) is 19.5. The molecule has 4 rings (SSSR count). The fourth-order valence-electron chi connectivity index (χ4n) is 3.61. The number of carbonyl (C=O) groups is 1. The van der Waals surface area contributed by atoms with E-state index in [0.717, 1.165) is 40.6 Å². The Labute approximate surface area is 166 Å². The molecule has 0 unspecified atom stereocenters. The molecule has 2 N–H and O–H groups in total. The molecule has 1 aromatic carbocycles. The highest BCUT2D eigenvalue weighted by Crippen LogP contribution is 2.44. The smallest absolute Gasteiger partial charge is 0.265 e. The second kappa shape index (κ2) is 6.39. The Balaban J connectivity index is 2.05. The van der Waals surface area contributed by atoms with Gasteiger partial charge in [0.15, 0.2) is 5.78 Å². The number of rotatable bonds is 3. The second-order valence-electron chi connectivity index (χ2n) is 7.08. The third kappa shape index (κ3) is 2.93. The van der Waals surface area contributed by atoms with Gasteiger partial charge in [-0.05, 0) is 79.1 Å². The molecule has 0 radical (unpaired) electrons. The number of halogens is 2. The summed E-state index contributed by atoms with van der Waals surface area (Å²) in [6.07, 6.45) is 3.85. The molecular weight excluding hydrogens is 383 g/mol. The summed E-state index contributed by atoms with van der Waals surface area (Å²) in [6, 6.07) is 7.18. The molecular formula is C21H18Cl2N2O2. The van der Waals surface area contributed by atoms with Crippen LogP contribution in [-0.2, 0) is 0 Å². The van der Waals surface area contributed by atoms with E-state index in [0.29, 0.717) is 21.7 Å². The molecule has 0 amide bonds. The maximum Gasteiger partial charge on any atom is 0.265 e. The van der Waals surface area contributed by atoms with Gasteiger partial charge in [0.2, 0.25) is 0 Å². The van der Waals surface area contributed by atoms with Gasteiger partial charge in [0.1, 0.15) is 0 Å². The third-order valence-corrected chi connectivity index (χ3v) is 5.82. The minimum Gasteiger partial charge on any atom is -0.396 e. The number of pyridine rings is 2. The molecule has 3 aromatic rings. The van der Waals surface area contributed by atoms with Crippen molar-refractivity contribution in [2.24, 2.45) is 0 Å². The minimum absolute atomic E-state index is 0.213. The molecule has 0 bridgehead atoms. The Morgan fingerprint density at radius 3 is 2.37 bits per heavy atom. The maximum atomic E-state index is 12.8. The Kier molecular flexibility index (Phi) is 4.28. The third-order valence-electron chi connectivity index (χ3n) is 5.20. The number of aryl methyl sites for hydroxylation is 1. The molecule has 1 saturated carbocycles. The van der Waals surface area contributed by atoms with Gasteiger partial charge in [-0.1, -0.05) is 23.2 Å². The van der Waals surface area contributed by atoms with Gasteiger partial charge >= 0.3 is 0 Å². The van der Waals surface area contributed by atoms with Crippen molar-refractivity contribution in [2.75, 3.05) is 5.73 Å². The lowest BCUT2D eigenvalue weighted by molar-refractivity contribution is 0.101. The molecule has 2 heterocycles. The summed E-state index contributed by atoms with van der Waals surface area (Å²) in [5.74, 6) is 0.168. The predicted molar refractivity (Wildman–Crippen MR) is 110 cm³/mol. The maximum absolute atomic E-state index is 12.8. The summed E-state index contributed by atoms with van der Waals surface area (Å²) >= 11 is 12.4. The Hall–Kier alpha value is -2.30. The quantitative estimate of drug-likeness (QED) is 0.482. The lowest BCUT2D eigenvalue weighted by atomic mass is 9.96. The second-order valence-corrected chi connectivity index (χ2v) is 7.89. The summed E-state index contributed by atoms with van der Waals surface area (Å²) < 4.78 is 1.59. The van der Waals surface area contributed by atoms with Crippen LogP contribution in [0.25, 0.3) is 16.6 Å². The number of hydrogen-bond acceptors (Lipinski definition) is 3. The number of ketones is 1. The number of nitrogen functional groups attached to an aromatic ring is 1. The van der Waals surface area contributed by atoms with Crippen molar-refractivity contribution < 1.29 is 4.79 Å². The molecule has 1 fully saturated rings. The van der Waals surface area contributed by atoms with Crippen LogP contribution in [0.4, 0.5) is 5.69 Å². The first-order chi connectivity index (χ1) is 12.8. The molecule has 0 spiro atoms. The Bertz CT molecular complexity index is 1150. The van der Waals surface area contributed by atoms with Gasteiger partial charge in [-0.3, -0.25) is 14.0 Å². The zero-order valence-electron chi connectivity index (χ0n) is 15.0. The average Bonchev–Trinajstić information content (AvgIpc) is 3.45. The molecule has 0 aliphatic heterocycles.